The van der Waals surface area contributed by atoms with Gasteiger partial charge >= 0.3 is 0 Å². The molecule has 0 radical (unpaired) electrons. The molecule has 6 heteroatoms. The molecule has 2 heterocycles. The quantitative estimate of drug-likeness (QED) is 0.570. The van der Waals surface area contributed by atoms with Gasteiger partial charge in [0.2, 0.25) is 0 Å². The van der Waals surface area contributed by atoms with Crippen molar-refractivity contribution in [2.24, 2.45) is 7.05 Å². The van der Waals surface area contributed by atoms with Gasteiger partial charge in [0.05, 0.1) is 22.3 Å². The van der Waals surface area contributed by atoms with Crippen molar-refractivity contribution in [1.29, 1.82) is 0 Å². The van der Waals surface area contributed by atoms with E-state index in [1.54, 1.807) is 10.9 Å². The molecular formula is C24H29N5O. The van der Waals surface area contributed by atoms with Crippen molar-refractivity contribution < 1.29 is 4.79 Å². The molecule has 6 nitrogen and oxygen atoms in total. The largest absolute Gasteiger partial charge is 0.380 e. The summed E-state index contributed by atoms with van der Waals surface area (Å²) in [7, 11) is 1.88. The van der Waals surface area contributed by atoms with E-state index in [9.17, 15) is 4.79 Å². The summed E-state index contributed by atoms with van der Waals surface area (Å²) in [5.74, 6) is -0.0976. The monoisotopic (exact) mass is 403 g/mol. The first-order valence-electron chi connectivity index (χ1n) is 10.7. The Morgan fingerprint density at radius 2 is 2.03 bits per heavy atom. The predicted molar refractivity (Wildman–Crippen MR) is 121 cm³/mol. The van der Waals surface area contributed by atoms with Gasteiger partial charge in [0.15, 0.2) is 5.65 Å². The molecule has 0 saturated carbocycles. The third-order valence-electron chi connectivity index (χ3n) is 5.70. The van der Waals surface area contributed by atoms with Crippen LogP contribution in [0.1, 0.15) is 53.7 Å². The van der Waals surface area contributed by atoms with Gasteiger partial charge in [-0.15, -0.1) is 0 Å². The van der Waals surface area contributed by atoms with E-state index in [4.69, 9.17) is 0 Å². The van der Waals surface area contributed by atoms with Crippen LogP contribution < -0.4 is 10.6 Å². The average Bonchev–Trinajstić information content (AvgIpc) is 3.07. The molecular weight excluding hydrogens is 374 g/mol. The second-order valence-electron chi connectivity index (χ2n) is 7.91. The highest BCUT2D eigenvalue weighted by atomic mass is 16.1. The van der Waals surface area contributed by atoms with Crippen LogP contribution in [0.4, 0.5) is 5.69 Å². The number of aromatic nitrogens is 3. The number of carbonyl (C=O) groups is 1. The van der Waals surface area contributed by atoms with Crippen LogP contribution in [0.5, 0.6) is 0 Å². The zero-order valence-corrected chi connectivity index (χ0v) is 17.7. The summed E-state index contributed by atoms with van der Waals surface area (Å²) in [6.07, 6.45) is 9.76. The van der Waals surface area contributed by atoms with Gasteiger partial charge in [-0.3, -0.25) is 9.48 Å². The highest BCUT2D eigenvalue weighted by Gasteiger charge is 2.19. The number of pyridine rings is 1. The van der Waals surface area contributed by atoms with Crippen LogP contribution in [0.3, 0.4) is 0 Å². The number of allylic oxidation sites excluding steroid dienone is 1. The van der Waals surface area contributed by atoms with Gasteiger partial charge in [0.25, 0.3) is 5.91 Å². The van der Waals surface area contributed by atoms with E-state index >= 15 is 0 Å². The standard InChI is InChI=1S/C24H29N5O/c1-17-21-22(26-15-19-11-7-4-8-12-19)20(16-27-23(21)29(2)28-17)24(30)25-14-13-18-9-5-3-6-10-18/h4,7-9,11-12,16H,3,5-6,10,13-15H2,1-2H3,(H,25,30)(H,26,27). The molecule has 1 aliphatic carbocycles. The molecule has 4 rings (SSSR count). The van der Waals surface area contributed by atoms with Gasteiger partial charge in [0.1, 0.15) is 0 Å². The Kier molecular flexibility index (Phi) is 6.12. The molecule has 3 aromatic rings. The molecule has 0 spiro atoms. The number of benzene rings is 1. The zero-order chi connectivity index (χ0) is 20.9. The summed E-state index contributed by atoms with van der Waals surface area (Å²) in [6, 6.07) is 10.2. The number of aryl methyl sites for hydroxylation is 2. The first-order chi connectivity index (χ1) is 14.6. The topological polar surface area (TPSA) is 71.8 Å². The van der Waals surface area contributed by atoms with E-state index in [1.165, 1.54) is 18.4 Å². The minimum Gasteiger partial charge on any atom is -0.380 e. The van der Waals surface area contributed by atoms with Crippen molar-refractivity contribution in [3.8, 4) is 0 Å². The van der Waals surface area contributed by atoms with Gasteiger partial charge in [-0.1, -0.05) is 42.0 Å². The van der Waals surface area contributed by atoms with E-state index < -0.39 is 0 Å². The fraction of sp³-hybridized carbons (Fsp3) is 0.375. The summed E-state index contributed by atoms with van der Waals surface area (Å²) >= 11 is 0. The molecule has 0 bridgehead atoms. The number of hydrogen-bond donors (Lipinski definition) is 2. The molecule has 2 N–H and O–H groups in total. The number of nitrogens with zero attached hydrogens (tertiary/aromatic N) is 3. The van der Waals surface area contributed by atoms with Crippen LogP contribution in [-0.4, -0.2) is 27.2 Å². The molecule has 0 saturated heterocycles. The third-order valence-corrected chi connectivity index (χ3v) is 5.70. The van der Waals surface area contributed by atoms with E-state index in [2.05, 4.69) is 38.9 Å². The number of hydrogen-bond acceptors (Lipinski definition) is 4. The Morgan fingerprint density at radius 3 is 2.80 bits per heavy atom. The molecule has 1 aliphatic rings. The molecule has 0 aliphatic heterocycles. The molecule has 30 heavy (non-hydrogen) atoms. The normalized spacial score (nSPS) is 13.9. The molecule has 1 amide bonds. The van der Waals surface area contributed by atoms with Crippen LogP contribution in [0, 0.1) is 6.92 Å². The number of amides is 1. The maximum atomic E-state index is 13.0. The van der Waals surface area contributed by atoms with Crippen molar-refractivity contribution in [1.82, 2.24) is 20.1 Å². The Labute approximate surface area is 177 Å². The minimum absolute atomic E-state index is 0.0976. The van der Waals surface area contributed by atoms with E-state index in [1.807, 2.05) is 32.2 Å². The van der Waals surface area contributed by atoms with Crippen LogP contribution in [-0.2, 0) is 13.6 Å². The smallest absolute Gasteiger partial charge is 0.254 e. The SMILES string of the molecule is Cc1nn(C)c2ncc(C(=O)NCCC3=CCCCC3)c(NCc3ccccc3)c12. The lowest BCUT2D eigenvalue weighted by atomic mass is 9.97. The molecule has 156 valence electrons. The highest BCUT2D eigenvalue weighted by Crippen LogP contribution is 2.29. The van der Waals surface area contributed by atoms with E-state index in [0.29, 0.717) is 18.7 Å². The van der Waals surface area contributed by atoms with Crippen LogP contribution in [0.2, 0.25) is 0 Å². The molecule has 2 aromatic heterocycles. The van der Waals surface area contributed by atoms with Crippen LogP contribution >= 0.6 is 0 Å². The predicted octanol–water partition coefficient (Wildman–Crippen LogP) is 4.51. The maximum Gasteiger partial charge on any atom is 0.254 e. The summed E-state index contributed by atoms with van der Waals surface area (Å²) < 4.78 is 1.76. The van der Waals surface area contributed by atoms with Crippen molar-refractivity contribution in [2.75, 3.05) is 11.9 Å². The van der Waals surface area contributed by atoms with Crippen molar-refractivity contribution in [2.45, 2.75) is 45.6 Å². The van der Waals surface area contributed by atoms with Crippen molar-refractivity contribution in [3.05, 3.63) is 65.0 Å². The number of fused-ring (bicyclic) bond motifs is 1. The molecule has 0 fully saturated rings. The number of rotatable bonds is 7. The summed E-state index contributed by atoms with van der Waals surface area (Å²) in [5, 5.41) is 12.0. The fourth-order valence-electron chi connectivity index (χ4n) is 4.12. The molecule has 0 atom stereocenters. The van der Waals surface area contributed by atoms with E-state index in [0.717, 1.165) is 47.2 Å². The Balaban J connectivity index is 1.57. The lowest BCUT2D eigenvalue weighted by Crippen LogP contribution is -2.26. The molecule has 0 unspecified atom stereocenters. The van der Waals surface area contributed by atoms with E-state index in [-0.39, 0.29) is 5.91 Å². The summed E-state index contributed by atoms with van der Waals surface area (Å²) in [5.41, 5.74) is 5.60. The summed E-state index contributed by atoms with van der Waals surface area (Å²) in [4.78, 5) is 17.6. The lowest BCUT2D eigenvalue weighted by Gasteiger charge is -2.15. The number of anilines is 1. The Hall–Kier alpha value is -3.15. The van der Waals surface area contributed by atoms with Gasteiger partial charge in [-0.05, 0) is 44.6 Å². The number of nitrogens with one attached hydrogen (secondary N) is 2. The Bertz CT molecular complexity index is 1070. The number of carbonyl (C=O) groups excluding carboxylic acids is 1. The fourth-order valence-corrected chi connectivity index (χ4v) is 4.12. The van der Waals surface area contributed by atoms with Gasteiger partial charge in [-0.2, -0.15) is 5.10 Å². The second-order valence-corrected chi connectivity index (χ2v) is 7.91. The van der Waals surface area contributed by atoms with Gasteiger partial charge < -0.3 is 10.6 Å². The van der Waals surface area contributed by atoms with Crippen LogP contribution in [0.15, 0.2) is 48.2 Å². The molecule has 1 aromatic carbocycles. The van der Waals surface area contributed by atoms with Gasteiger partial charge in [0, 0.05) is 26.3 Å². The summed E-state index contributed by atoms with van der Waals surface area (Å²) in [6.45, 7) is 3.23. The zero-order valence-electron chi connectivity index (χ0n) is 17.7. The lowest BCUT2D eigenvalue weighted by molar-refractivity contribution is 0.0954. The van der Waals surface area contributed by atoms with Crippen molar-refractivity contribution >= 4 is 22.6 Å². The van der Waals surface area contributed by atoms with Crippen LogP contribution in [0.25, 0.3) is 11.0 Å². The maximum absolute atomic E-state index is 13.0. The van der Waals surface area contributed by atoms with Crippen molar-refractivity contribution in [3.63, 3.8) is 0 Å². The first kappa shape index (κ1) is 20.1. The van der Waals surface area contributed by atoms with Gasteiger partial charge in [-0.25, -0.2) is 4.98 Å². The third kappa shape index (κ3) is 4.37. The first-order valence-corrected chi connectivity index (χ1v) is 10.7. The average molecular weight is 404 g/mol. The highest BCUT2D eigenvalue weighted by molar-refractivity contribution is 6.07. The Morgan fingerprint density at radius 1 is 1.20 bits per heavy atom. The minimum atomic E-state index is -0.0976. The second kappa shape index (κ2) is 9.11.